The van der Waals surface area contributed by atoms with Crippen molar-refractivity contribution in [2.45, 2.75) is 84.3 Å². The van der Waals surface area contributed by atoms with Gasteiger partial charge in [-0.15, -0.1) is 0 Å². The van der Waals surface area contributed by atoms with E-state index in [9.17, 15) is 9.59 Å². The van der Waals surface area contributed by atoms with E-state index in [1.165, 1.54) is 5.56 Å². The van der Waals surface area contributed by atoms with E-state index >= 15 is 0 Å². The van der Waals surface area contributed by atoms with Gasteiger partial charge in [0.2, 0.25) is 5.91 Å². The second-order valence-corrected chi connectivity index (χ2v) is 10.5. The van der Waals surface area contributed by atoms with Crippen molar-refractivity contribution in [2.75, 3.05) is 25.4 Å². The van der Waals surface area contributed by atoms with Gasteiger partial charge in [-0.1, -0.05) is 55.4 Å². The standard InChI is InChI=1S/C28H44N4O2S/c1-7-32(8-2)18-11-12-22(4)29-26(33)13-9-10-19-35-28-30-23(5)25(27(34)31(28)6)20-24-16-14-21(3)15-17-24/h14-17,22H,7-13,18-20H2,1-6H3,(H,29,33). The summed E-state index contributed by atoms with van der Waals surface area (Å²) in [5.41, 5.74) is 3.90. The first-order chi connectivity index (χ1) is 16.7. The van der Waals surface area contributed by atoms with Crippen molar-refractivity contribution in [3.63, 3.8) is 0 Å². The molecule has 1 unspecified atom stereocenters. The first-order valence-corrected chi connectivity index (χ1v) is 14.0. The number of unbranched alkanes of at least 4 members (excludes halogenated alkanes) is 1. The molecule has 0 bridgehead atoms. The predicted octanol–water partition coefficient (Wildman–Crippen LogP) is 4.88. The number of nitrogens with zero attached hydrogens (tertiary/aromatic N) is 3. The van der Waals surface area contributed by atoms with Crippen molar-refractivity contribution in [1.29, 1.82) is 0 Å². The zero-order chi connectivity index (χ0) is 25.8. The lowest BCUT2D eigenvalue weighted by Crippen LogP contribution is -2.33. The third kappa shape index (κ3) is 9.80. The van der Waals surface area contributed by atoms with Crippen molar-refractivity contribution in [3.05, 3.63) is 57.0 Å². The Morgan fingerprint density at radius 2 is 1.80 bits per heavy atom. The van der Waals surface area contributed by atoms with Gasteiger partial charge < -0.3 is 10.2 Å². The van der Waals surface area contributed by atoms with Gasteiger partial charge in [-0.3, -0.25) is 14.2 Å². The normalized spacial score (nSPS) is 12.2. The topological polar surface area (TPSA) is 67.2 Å². The van der Waals surface area contributed by atoms with Gasteiger partial charge in [-0.05, 0) is 71.7 Å². The molecule has 7 heteroatoms. The molecule has 35 heavy (non-hydrogen) atoms. The van der Waals surface area contributed by atoms with Gasteiger partial charge >= 0.3 is 0 Å². The van der Waals surface area contributed by atoms with Crippen LogP contribution in [0.25, 0.3) is 0 Å². The van der Waals surface area contributed by atoms with Gasteiger partial charge in [-0.2, -0.15) is 0 Å². The summed E-state index contributed by atoms with van der Waals surface area (Å²) in [7, 11) is 1.80. The first-order valence-electron chi connectivity index (χ1n) is 13.0. The first kappa shape index (κ1) is 29.1. The highest BCUT2D eigenvalue weighted by atomic mass is 32.2. The predicted molar refractivity (Wildman–Crippen MR) is 147 cm³/mol. The number of hydrogen-bond acceptors (Lipinski definition) is 5. The number of amides is 1. The summed E-state index contributed by atoms with van der Waals surface area (Å²) < 4.78 is 1.66. The molecule has 1 heterocycles. The lowest BCUT2D eigenvalue weighted by Gasteiger charge is -2.19. The Bertz CT molecular complexity index is 984. The molecule has 0 saturated heterocycles. The van der Waals surface area contributed by atoms with Crippen LogP contribution in [0.4, 0.5) is 0 Å². The molecule has 2 aromatic rings. The highest BCUT2D eigenvalue weighted by molar-refractivity contribution is 7.99. The molecule has 0 radical (unpaired) electrons. The summed E-state index contributed by atoms with van der Waals surface area (Å²) in [6, 6.07) is 8.50. The molecule has 0 spiro atoms. The molecule has 0 aliphatic carbocycles. The van der Waals surface area contributed by atoms with Crippen LogP contribution < -0.4 is 10.9 Å². The summed E-state index contributed by atoms with van der Waals surface area (Å²) in [4.78, 5) is 32.4. The number of carbonyl (C=O) groups excluding carboxylic acids is 1. The Labute approximate surface area is 215 Å². The molecule has 1 N–H and O–H groups in total. The number of aromatic nitrogens is 2. The van der Waals surface area contributed by atoms with Crippen molar-refractivity contribution >= 4 is 17.7 Å². The Kier molecular flexibility index (Phi) is 12.6. The lowest BCUT2D eigenvalue weighted by atomic mass is 10.0. The number of nitrogens with one attached hydrogen (secondary N) is 1. The fraction of sp³-hybridized carbons (Fsp3) is 0.607. The van der Waals surface area contributed by atoms with E-state index in [0.717, 1.165) is 73.0 Å². The number of rotatable bonds is 15. The van der Waals surface area contributed by atoms with Crippen LogP contribution in [0.5, 0.6) is 0 Å². The van der Waals surface area contributed by atoms with E-state index in [2.05, 4.69) is 62.2 Å². The average molecular weight is 501 g/mol. The van der Waals surface area contributed by atoms with E-state index in [-0.39, 0.29) is 17.5 Å². The summed E-state index contributed by atoms with van der Waals surface area (Å²) >= 11 is 1.59. The van der Waals surface area contributed by atoms with E-state index in [4.69, 9.17) is 4.98 Å². The molecule has 1 aromatic heterocycles. The van der Waals surface area contributed by atoms with Gasteiger partial charge in [0.15, 0.2) is 5.16 Å². The van der Waals surface area contributed by atoms with Crippen LogP contribution in [-0.2, 0) is 18.3 Å². The maximum atomic E-state index is 13.0. The summed E-state index contributed by atoms with van der Waals surface area (Å²) in [6.07, 6.45) is 5.01. The number of benzene rings is 1. The quantitative estimate of drug-likeness (QED) is 0.215. The number of hydrogen-bond donors (Lipinski definition) is 1. The Morgan fingerprint density at radius 1 is 1.11 bits per heavy atom. The second kappa shape index (κ2) is 15.1. The third-order valence-corrected chi connectivity index (χ3v) is 7.61. The van der Waals surface area contributed by atoms with Crippen LogP contribution in [0, 0.1) is 13.8 Å². The zero-order valence-electron chi connectivity index (χ0n) is 22.5. The lowest BCUT2D eigenvalue weighted by molar-refractivity contribution is -0.121. The molecule has 6 nitrogen and oxygen atoms in total. The smallest absolute Gasteiger partial charge is 0.257 e. The summed E-state index contributed by atoms with van der Waals surface area (Å²) in [6.45, 7) is 13.7. The molecule has 0 saturated carbocycles. The van der Waals surface area contributed by atoms with Crippen LogP contribution in [0.3, 0.4) is 0 Å². The molecule has 0 fully saturated rings. The van der Waals surface area contributed by atoms with Gasteiger partial charge in [0, 0.05) is 42.9 Å². The molecular weight excluding hydrogens is 456 g/mol. The molecule has 0 aliphatic rings. The van der Waals surface area contributed by atoms with Crippen LogP contribution in [0.1, 0.15) is 75.3 Å². The monoisotopic (exact) mass is 500 g/mol. The van der Waals surface area contributed by atoms with Crippen LogP contribution in [0.15, 0.2) is 34.2 Å². The average Bonchev–Trinajstić information content (AvgIpc) is 2.83. The van der Waals surface area contributed by atoms with E-state index in [0.29, 0.717) is 12.8 Å². The van der Waals surface area contributed by atoms with Gasteiger partial charge in [0.05, 0.1) is 0 Å². The summed E-state index contributed by atoms with van der Waals surface area (Å²) in [5, 5.41) is 3.87. The molecule has 194 valence electrons. The second-order valence-electron chi connectivity index (χ2n) is 9.43. The summed E-state index contributed by atoms with van der Waals surface area (Å²) in [5.74, 6) is 0.969. The molecule has 0 aliphatic heterocycles. The van der Waals surface area contributed by atoms with E-state index < -0.39 is 0 Å². The van der Waals surface area contributed by atoms with Gasteiger partial charge in [0.25, 0.3) is 5.56 Å². The number of carbonyl (C=O) groups is 1. The molecule has 1 atom stereocenters. The minimum Gasteiger partial charge on any atom is -0.354 e. The molecule has 2 rings (SSSR count). The van der Waals surface area contributed by atoms with Crippen LogP contribution >= 0.6 is 11.8 Å². The highest BCUT2D eigenvalue weighted by Gasteiger charge is 2.13. The number of aryl methyl sites for hydroxylation is 2. The molecule has 1 aromatic carbocycles. The van der Waals surface area contributed by atoms with Gasteiger partial charge in [0.1, 0.15) is 0 Å². The largest absolute Gasteiger partial charge is 0.354 e. The minimum atomic E-state index is 0.0231. The number of thioether (sulfide) groups is 1. The highest BCUT2D eigenvalue weighted by Crippen LogP contribution is 2.18. The maximum Gasteiger partial charge on any atom is 0.257 e. The van der Waals surface area contributed by atoms with Crippen molar-refractivity contribution < 1.29 is 4.79 Å². The molecular formula is C28H44N4O2S. The molecule has 1 amide bonds. The maximum absolute atomic E-state index is 13.0. The third-order valence-electron chi connectivity index (χ3n) is 6.49. The zero-order valence-corrected chi connectivity index (χ0v) is 23.3. The SMILES string of the molecule is CCN(CC)CCCC(C)NC(=O)CCCCSc1nc(C)c(Cc2ccc(C)cc2)c(=O)n1C. The van der Waals surface area contributed by atoms with Crippen LogP contribution in [-0.4, -0.2) is 51.8 Å². The van der Waals surface area contributed by atoms with E-state index in [1.54, 1.807) is 23.4 Å². The fourth-order valence-electron chi connectivity index (χ4n) is 4.10. The van der Waals surface area contributed by atoms with Crippen molar-refractivity contribution in [1.82, 2.24) is 19.8 Å². The minimum absolute atomic E-state index is 0.0231. The fourth-order valence-corrected chi connectivity index (χ4v) is 5.11. The van der Waals surface area contributed by atoms with Crippen molar-refractivity contribution in [3.8, 4) is 0 Å². The van der Waals surface area contributed by atoms with E-state index in [1.807, 2.05) is 6.92 Å². The Balaban J connectivity index is 1.74. The Morgan fingerprint density at radius 3 is 2.46 bits per heavy atom. The van der Waals surface area contributed by atoms with Crippen molar-refractivity contribution in [2.24, 2.45) is 7.05 Å². The van der Waals surface area contributed by atoms with Gasteiger partial charge in [-0.25, -0.2) is 4.98 Å². The van der Waals surface area contributed by atoms with Crippen LogP contribution in [0.2, 0.25) is 0 Å². The Hall–Kier alpha value is -2.12.